The molecule has 7 heteroatoms. The van der Waals surface area contributed by atoms with Crippen LogP contribution in [-0.2, 0) is 11.2 Å². The van der Waals surface area contributed by atoms with Gasteiger partial charge in [0.05, 0.1) is 13.5 Å². The predicted molar refractivity (Wildman–Crippen MR) is 58.7 cm³/mol. The van der Waals surface area contributed by atoms with E-state index in [0.717, 1.165) is 0 Å². The summed E-state index contributed by atoms with van der Waals surface area (Å²) in [6.07, 6.45) is -0.301. The summed E-state index contributed by atoms with van der Waals surface area (Å²) in [6.45, 7) is -3.00. The lowest BCUT2D eigenvalue weighted by molar-refractivity contribution is -0.136. The summed E-state index contributed by atoms with van der Waals surface area (Å²) in [5.74, 6) is -1.16. The minimum atomic E-state index is -3.00. The highest BCUT2D eigenvalue weighted by atomic mass is 79.9. The van der Waals surface area contributed by atoms with Gasteiger partial charge >= 0.3 is 12.6 Å². The highest BCUT2D eigenvalue weighted by molar-refractivity contribution is 9.10. The maximum atomic E-state index is 12.1. The fourth-order valence-corrected chi connectivity index (χ4v) is 1.69. The van der Waals surface area contributed by atoms with Gasteiger partial charge in [-0.2, -0.15) is 8.78 Å². The topological polar surface area (TPSA) is 55.8 Å². The lowest BCUT2D eigenvalue weighted by Crippen LogP contribution is -2.06. The van der Waals surface area contributed by atoms with Crippen LogP contribution in [0, 0.1) is 0 Å². The number of rotatable bonds is 5. The van der Waals surface area contributed by atoms with Crippen LogP contribution in [-0.4, -0.2) is 24.8 Å². The van der Waals surface area contributed by atoms with Gasteiger partial charge in [-0.1, -0.05) is 15.9 Å². The second-order valence-electron chi connectivity index (χ2n) is 3.04. The van der Waals surface area contributed by atoms with E-state index in [1.54, 1.807) is 0 Å². The third kappa shape index (κ3) is 3.85. The number of alkyl halides is 2. The first kappa shape index (κ1) is 13.7. The summed E-state index contributed by atoms with van der Waals surface area (Å²) in [5.41, 5.74) is 0.328. The lowest BCUT2D eigenvalue weighted by atomic mass is 10.1. The molecular weight excluding hydrogens is 302 g/mol. The van der Waals surface area contributed by atoms with Crippen LogP contribution in [0.4, 0.5) is 8.78 Å². The molecule has 1 aromatic rings. The van der Waals surface area contributed by atoms with Crippen LogP contribution in [0.3, 0.4) is 0 Å². The molecule has 0 aromatic heterocycles. The van der Waals surface area contributed by atoms with Gasteiger partial charge in [-0.3, -0.25) is 4.79 Å². The SMILES string of the molecule is COc1cc(Br)c(CC(=O)O)cc1OC(F)F. The van der Waals surface area contributed by atoms with Gasteiger partial charge in [-0.05, 0) is 17.7 Å². The number of methoxy groups -OCH3 is 1. The van der Waals surface area contributed by atoms with Crippen molar-refractivity contribution < 1.29 is 28.2 Å². The number of carboxylic acid groups (broad SMARTS) is 1. The van der Waals surface area contributed by atoms with E-state index in [0.29, 0.717) is 10.0 Å². The van der Waals surface area contributed by atoms with Gasteiger partial charge in [0.2, 0.25) is 0 Å². The maximum absolute atomic E-state index is 12.1. The van der Waals surface area contributed by atoms with E-state index in [1.807, 2.05) is 0 Å². The van der Waals surface area contributed by atoms with Gasteiger partial charge in [0.25, 0.3) is 0 Å². The van der Waals surface area contributed by atoms with E-state index in [4.69, 9.17) is 9.84 Å². The lowest BCUT2D eigenvalue weighted by Gasteiger charge is -2.12. The third-order valence-electron chi connectivity index (χ3n) is 1.89. The number of hydrogen-bond donors (Lipinski definition) is 1. The molecule has 0 aliphatic rings. The quantitative estimate of drug-likeness (QED) is 0.908. The van der Waals surface area contributed by atoms with Crippen molar-refractivity contribution in [1.82, 2.24) is 0 Å². The Kier molecular flexibility index (Phi) is 4.68. The Morgan fingerprint density at radius 3 is 2.59 bits per heavy atom. The molecule has 1 aromatic carbocycles. The normalized spacial score (nSPS) is 10.4. The number of aliphatic carboxylic acids is 1. The van der Waals surface area contributed by atoms with E-state index in [9.17, 15) is 13.6 Å². The maximum Gasteiger partial charge on any atom is 0.387 e. The summed E-state index contributed by atoms with van der Waals surface area (Å²) in [4.78, 5) is 10.6. The highest BCUT2D eigenvalue weighted by Gasteiger charge is 2.15. The predicted octanol–water partition coefficient (Wildman–Crippen LogP) is 2.69. The van der Waals surface area contributed by atoms with Crippen LogP contribution >= 0.6 is 15.9 Å². The second-order valence-corrected chi connectivity index (χ2v) is 3.90. The Morgan fingerprint density at radius 1 is 1.47 bits per heavy atom. The largest absolute Gasteiger partial charge is 0.493 e. The molecule has 0 spiro atoms. The number of benzene rings is 1. The number of hydrogen-bond acceptors (Lipinski definition) is 3. The molecule has 0 radical (unpaired) electrons. The molecule has 0 fully saturated rings. The van der Waals surface area contributed by atoms with Crippen molar-refractivity contribution in [1.29, 1.82) is 0 Å². The molecule has 1 rings (SSSR count). The first-order valence-electron chi connectivity index (χ1n) is 4.47. The zero-order valence-electron chi connectivity index (χ0n) is 8.75. The third-order valence-corrected chi connectivity index (χ3v) is 2.63. The molecule has 0 saturated heterocycles. The minimum Gasteiger partial charge on any atom is -0.493 e. The zero-order valence-corrected chi connectivity index (χ0v) is 10.3. The number of halogens is 3. The molecule has 0 bridgehead atoms. The average molecular weight is 311 g/mol. The van der Waals surface area contributed by atoms with Crippen LogP contribution in [0.1, 0.15) is 5.56 Å². The average Bonchev–Trinajstić information content (AvgIpc) is 2.21. The van der Waals surface area contributed by atoms with Crippen molar-refractivity contribution in [2.45, 2.75) is 13.0 Å². The minimum absolute atomic E-state index is 0.103. The number of carbonyl (C=O) groups is 1. The van der Waals surface area contributed by atoms with E-state index in [-0.39, 0.29) is 17.9 Å². The monoisotopic (exact) mass is 310 g/mol. The molecule has 0 saturated carbocycles. The Hall–Kier alpha value is -1.37. The van der Waals surface area contributed by atoms with E-state index in [1.165, 1.54) is 19.2 Å². The molecule has 17 heavy (non-hydrogen) atoms. The van der Waals surface area contributed by atoms with Gasteiger partial charge in [0, 0.05) is 4.47 Å². The van der Waals surface area contributed by atoms with Crippen LogP contribution < -0.4 is 9.47 Å². The van der Waals surface area contributed by atoms with Crippen LogP contribution in [0.2, 0.25) is 0 Å². The summed E-state index contributed by atoms with van der Waals surface area (Å²) < 4.78 is 33.8. The van der Waals surface area contributed by atoms with E-state index < -0.39 is 12.6 Å². The molecule has 1 N–H and O–H groups in total. The van der Waals surface area contributed by atoms with Crippen LogP contribution in [0.5, 0.6) is 11.5 Å². The molecule has 0 atom stereocenters. The fourth-order valence-electron chi connectivity index (χ4n) is 1.22. The molecule has 0 unspecified atom stereocenters. The summed E-state index contributed by atoms with van der Waals surface area (Å²) in [6, 6.07) is 2.60. The summed E-state index contributed by atoms with van der Waals surface area (Å²) in [5, 5.41) is 8.65. The summed E-state index contributed by atoms with van der Waals surface area (Å²) in [7, 11) is 1.30. The Labute approximate surface area is 104 Å². The van der Waals surface area contributed by atoms with Crippen molar-refractivity contribution >= 4 is 21.9 Å². The smallest absolute Gasteiger partial charge is 0.387 e. The molecule has 0 amide bonds. The molecule has 0 aliphatic heterocycles. The van der Waals surface area contributed by atoms with Crippen LogP contribution in [0.25, 0.3) is 0 Å². The Balaban J connectivity index is 3.12. The molecule has 94 valence electrons. The number of carboxylic acids is 1. The molecule has 4 nitrogen and oxygen atoms in total. The second kappa shape index (κ2) is 5.81. The van der Waals surface area contributed by atoms with Gasteiger partial charge in [-0.15, -0.1) is 0 Å². The van der Waals surface area contributed by atoms with E-state index in [2.05, 4.69) is 20.7 Å². The summed E-state index contributed by atoms with van der Waals surface area (Å²) >= 11 is 3.13. The van der Waals surface area contributed by atoms with Crippen molar-refractivity contribution in [3.63, 3.8) is 0 Å². The number of ether oxygens (including phenoxy) is 2. The fraction of sp³-hybridized carbons (Fsp3) is 0.300. The van der Waals surface area contributed by atoms with Crippen molar-refractivity contribution in [2.75, 3.05) is 7.11 Å². The van der Waals surface area contributed by atoms with E-state index >= 15 is 0 Å². The first-order valence-corrected chi connectivity index (χ1v) is 5.26. The van der Waals surface area contributed by atoms with Crippen molar-refractivity contribution in [3.05, 3.63) is 22.2 Å². The van der Waals surface area contributed by atoms with Crippen molar-refractivity contribution in [3.8, 4) is 11.5 Å². The standard InChI is InChI=1S/C10H9BrF2O4/c1-16-7-4-6(11)5(3-9(14)15)2-8(7)17-10(12)13/h2,4,10H,3H2,1H3,(H,14,15). The van der Waals surface area contributed by atoms with Gasteiger partial charge in [0.1, 0.15) is 0 Å². The van der Waals surface area contributed by atoms with Gasteiger partial charge in [0.15, 0.2) is 11.5 Å². The van der Waals surface area contributed by atoms with Crippen LogP contribution in [0.15, 0.2) is 16.6 Å². The first-order chi connectivity index (χ1) is 7.93. The zero-order chi connectivity index (χ0) is 13.0. The molecular formula is C10H9BrF2O4. The van der Waals surface area contributed by atoms with Gasteiger partial charge < -0.3 is 14.6 Å². The highest BCUT2D eigenvalue weighted by Crippen LogP contribution is 2.34. The Bertz CT molecular complexity index is 423. The van der Waals surface area contributed by atoms with Crippen molar-refractivity contribution in [2.24, 2.45) is 0 Å². The van der Waals surface area contributed by atoms with Gasteiger partial charge in [-0.25, -0.2) is 0 Å². The molecule has 0 heterocycles. The molecule has 0 aliphatic carbocycles. The Morgan fingerprint density at radius 2 is 2.12 bits per heavy atom.